The molecular formula is C16H28N4OS. The van der Waals surface area contributed by atoms with Crippen LogP contribution in [0.15, 0.2) is 0 Å². The fraction of sp³-hybridized carbons (Fsp3) is 0.812. The van der Waals surface area contributed by atoms with E-state index in [9.17, 15) is 4.79 Å². The second-order valence-electron chi connectivity index (χ2n) is 7.60. The van der Waals surface area contributed by atoms with Gasteiger partial charge in [0.1, 0.15) is 10.0 Å². The van der Waals surface area contributed by atoms with Crippen LogP contribution < -0.4 is 5.32 Å². The Morgan fingerprint density at radius 1 is 1.41 bits per heavy atom. The molecule has 1 saturated heterocycles. The molecule has 0 aliphatic carbocycles. The second kappa shape index (κ2) is 6.94. The van der Waals surface area contributed by atoms with Gasteiger partial charge in [-0.1, -0.05) is 13.8 Å². The molecule has 1 N–H and O–H groups in total. The minimum atomic E-state index is -0.197. The normalized spacial score (nSPS) is 19.5. The maximum atomic E-state index is 12.3. The smallest absolute Gasteiger partial charge is 0.317 e. The molecule has 1 aromatic rings. The van der Waals surface area contributed by atoms with E-state index in [1.54, 1.807) is 11.3 Å². The maximum Gasteiger partial charge on any atom is 0.317 e. The predicted octanol–water partition coefficient (Wildman–Crippen LogP) is 3.42. The summed E-state index contributed by atoms with van der Waals surface area (Å²) in [7, 11) is 0. The summed E-state index contributed by atoms with van der Waals surface area (Å²) in [6.07, 6.45) is 3.11. The highest BCUT2D eigenvalue weighted by Gasteiger charge is 2.28. The third-order valence-corrected chi connectivity index (χ3v) is 4.71. The molecule has 2 rings (SSSR count). The largest absolute Gasteiger partial charge is 0.333 e. The van der Waals surface area contributed by atoms with Crippen molar-refractivity contribution in [1.82, 2.24) is 20.4 Å². The number of amides is 2. The molecule has 0 spiro atoms. The van der Waals surface area contributed by atoms with E-state index < -0.39 is 0 Å². The van der Waals surface area contributed by atoms with Crippen LogP contribution in [0, 0.1) is 5.92 Å². The number of hydrogen-bond donors (Lipinski definition) is 1. The van der Waals surface area contributed by atoms with Gasteiger partial charge in [0.25, 0.3) is 0 Å². The monoisotopic (exact) mass is 324 g/mol. The van der Waals surface area contributed by atoms with Crippen molar-refractivity contribution >= 4 is 17.4 Å². The van der Waals surface area contributed by atoms with Gasteiger partial charge in [-0.05, 0) is 39.5 Å². The topological polar surface area (TPSA) is 58.1 Å². The Balaban J connectivity index is 1.98. The Bertz CT molecular complexity index is 506. The third-order valence-electron chi connectivity index (χ3n) is 3.61. The molecule has 1 fully saturated rings. The SMILES string of the molecule is CC(C)Cc1nnc(C2CCCN(C(=O)NC(C)(C)C)C2)s1. The van der Waals surface area contributed by atoms with Crippen molar-refractivity contribution < 1.29 is 4.79 Å². The summed E-state index contributed by atoms with van der Waals surface area (Å²) in [6.45, 7) is 12.0. The van der Waals surface area contributed by atoms with Crippen LogP contribution in [0.2, 0.25) is 0 Å². The lowest BCUT2D eigenvalue weighted by molar-refractivity contribution is 0.171. The molecule has 1 aliphatic rings. The minimum absolute atomic E-state index is 0.0316. The molecule has 1 aromatic heterocycles. The first-order valence-corrected chi connectivity index (χ1v) is 8.95. The molecule has 0 radical (unpaired) electrons. The van der Waals surface area contributed by atoms with Gasteiger partial charge in [0.05, 0.1) is 0 Å². The quantitative estimate of drug-likeness (QED) is 0.927. The molecule has 124 valence electrons. The Kier molecular flexibility index (Phi) is 5.42. The number of carbonyl (C=O) groups excluding carboxylic acids is 1. The molecular weight excluding hydrogens is 296 g/mol. The molecule has 1 aliphatic heterocycles. The van der Waals surface area contributed by atoms with Gasteiger partial charge in [0.2, 0.25) is 0 Å². The van der Waals surface area contributed by atoms with Crippen molar-refractivity contribution in [3.63, 3.8) is 0 Å². The number of likely N-dealkylation sites (tertiary alicyclic amines) is 1. The van der Waals surface area contributed by atoms with Crippen LogP contribution in [0.25, 0.3) is 0 Å². The van der Waals surface area contributed by atoms with E-state index in [0.29, 0.717) is 11.8 Å². The molecule has 1 atom stereocenters. The summed E-state index contributed by atoms with van der Waals surface area (Å²) in [5.74, 6) is 0.930. The zero-order valence-electron chi connectivity index (χ0n) is 14.3. The van der Waals surface area contributed by atoms with Crippen molar-refractivity contribution in [3.8, 4) is 0 Å². The molecule has 0 saturated carbocycles. The highest BCUT2D eigenvalue weighted by molar-refractivity contribution is 7.11. The van der Waals surface area contributed by atoms with Gasteiger partial charge < -0.3 is 10.2 Å². The summed E-state index contributed by atoms with van der Waals surface area (Å²) >= 11 is 1.71. The number of urea groups is 1. The lowest BCUT2D eigenvalue weighted by atomic mass is 9.99. The van der Waals surface area contributed by atoms with Gasteiger partial charge >= 0.3 is 6.03 Å². The van der Waals surface area contributed by atoms with E-state index in [-0.39, 0.29) is 11.6 Å². The fourth-order valence-corrected chi connectivity index (χ4v) is 3.81. The summed E-state index contributed by atoms with van der Waals surface area (Å²) in [5.41, 5.74) is -0.197. The first kappa shape index (κ1) is 17.2. The van der Waals surface area contributed by atoms with Crippen LogP contribution >= 0.6 is 11.3 Å². The van der Waals surface area contributed by atoms with E-state index >= 15 is 0 Å². The number of piperidine rings is 1. The average Bonchev–Trinajstić information content (AvgIpc) is 2.84. The molecule has 1 unspecified atom stereocenters. The first-order valence-electron chi connectivity index (χ1n) is 8.14. The third kappa shape index (κ3) is 4.93. The van der Waals surface area contributed by atoms with E-state index in [1.165, 1.54) is 0 Å². The van der Waals surface area contributed by atoms with Crippen LogP contribution in [0.1, 0.15) is 63.4 Å². The van der Waals surface area contributed by atoms with Crippen LogP contribution in [-0.2, 0) is 6.42 Å². The molecule has 6 heteroatoms. The van der Waals surface area contributed by atoms with Crippen LogP contribution in [0.3, 0.4) is 0 Å². The number of rotatable bonds is 3. The van der Waals surface area contributed by atoms with Gasteiger partial charge in [-0.2, -0.15) is 0 Å². The Hall–Kier alpha value is -1.17. The first-order chi connectivity index (χ1) is 10.2. The van der Waals surface area contributed by atoms with Crippen molar-refractivity contribution in [2.45, 2.75) is 65.3 Å². The van der Waals surface area contributed by atoms with Crippen LogP contribution in [0.4, 0.5) is 4.79 Å². The van der Waals surface area contributed by atoms with E-state index in [2.05, 4.69) is 29.4 Å². The van der Waals surface area contributed by atoms with Crippen molar-refractivity contribution in [1.29, 1.82) is 0 Å². The van der Waals surface area contributed by atoms with E-state index in [4.69, 9.17) is 0 Å². The van der Waals surface area contributed by atoms with Gasteiger partial charge in [0, 0.05) is 31.0 Å². The summed E-state index contributed by atoms with van der Waals surface area (Å²) in [4.78, 5) is 14.2. The van der Waals surface area contributed by atoms with Crippen molar-refractivity contribution in [3.05, 3.63) is 10.0 Å². The highest BCUT2D eigenvalue weighted by atomic mass is 32.1. The summed E-state index contributed by atoms with van der Waals surface area (Å²) < 4.78 is 0. The van der Waals surface area contributed by atoms with E-state index in [1.807, 2.05) is 25.7 Å². The van der Waals surface area contributed by atoms with Crippen LogP contribution in [0.5, 0.6) is 0 Å². The number of aromatic nitrogens is 2. The number of nitrogens with one attached hydrogen (secondary N) is 1. The lowest BCUT2D eigenvalue weighted by Crippen LogP contribution is -2.51. The van der Waals surface area contributed by atoms with Crippen molar-refractivity contribution in [2.75, 3.05) is 13.1 Å². The Morgan fingerprint density at radius 3 is 2.77 bits per heavy atom. The Labute approximate surface area is 137 Å². The highest BCUT2D eigenvalue weighted by Crippen LogP contribution is 2.29. The molecule has 2 amide bonds. The molecule has 22 heavy (non-hydrogen) atoms. The molecule has 5 nitrogen and oxygen atoms in total. The Morgan fingerprint density at radius 2 is 2.14 bits per heavy atom. The summed E-state index contributed by atoms with van der Waals surface area (Å²) in [6, 6.07) is 0.0316. The van der Waals surface area contributed by atoms with E-state index in [0.717, 1.165) is 42.4 Å². The van der Waals surface area contributed by atoms with Gasteiger partial charge in [-0.3, -0.25) is 0 Å². The fourth-order valence-electron chi connectivity index (χ4n) is 2.63. The predicted molar refractivity (Wildman–Crippen MR) is 90.3 cm³/mol. The molecule has 0 aromatic carbocycles. The molecule has 0 bridgehead atoms. The number of nitrogens with zero attached hydrogens (tertiary/aromatic N) is 3. The maximum absolute atomic E-state index is 12.3. The minimum Gasteiger partial charge on any atom is -0.333 e. The summed E-state index contributed by atoms with van der Waals surface area (Å²) in [5, 5.41) is 13.9. The zero-order chi connectivity index (χ0) is 16.3. The number of carbonyl (C=O) groups is 1. The second-order valence-corrected chi connectivity index (χ2v) is 8.69. The lowest BCUT2D eigenvalue weighted by Gasteiger charge is -2.34. The number of hydrogen-bond acceptors (Lipinski definition) is 4. The van der Waals surface area contributed by atoms with Crippen molar-refractivity contribution in [2.24, 2.45) is 5.92 Å². The standard InChI is InChI=1S/C16H28N4OS/c1-11(2)9-13-18-19-14(22-13)12-7-6-8-20(10-12)15(21)17-16(3,4)5/h11-12H,6-10H2,1-5H3,(H,17,21). The van der Waals surface area contributed by atoms with Crippen LogP contribution in [-0.4, -0.2) is 39.8 Å². The molecule has 2 heterocycles. The van der Waals surface area contributed by atoms with Gasteiger partial charge in [-0.25, -0.2) is 4.79 Å². The average molecular weight is 324 g/mol. The van der Waals surface area contributed by atoms with Gasteiger partial charge in [0.15, 0.2) is 0 Å². The van der Waals surface area contributed by atoms with Gasteiger partial charge in [-0.15, -0.1) is 21.5 Å². The zero-order valence-corrected chi connectivity index (χ0v) is 15.2.